The van der Waals surface area contributed by atoms with Crippen LogP contribution in [0.1, 0.15) is 18.6 Å². The first-order valence-electron chi connectivity index (χ1n) is 9.43. The molecule has 0 aliphatic carbocycles. The Kier molecular flexibility index (Phi) is 5.52. The van der Waals surface area contributed by atoms with Crippen molar-refractivity contribution in [3.8, 4) is 11.3 Å². The van der Waals surface area contributed by atoms with Crippen LogP contribution in [-0.2, 0) is 26.0 Å². The average molecular weight is 481 g/mol. The summed E-state index contributed by atoms with van der Waals surface area (Å²) < 4.78 is 30.1. The highest BCUT2D eigenvalue weighted by Crippen LogP contribution is 2.27. The quantitative estimate of drug-likeness (QED) is 0.708. The van der Waals surface area contributed by atoms with Crippen molar-refractivity contribution in [2.75, 3.05) is 18.1 Å². The molecular formula is C20H21BrN2O5S. The lowest BCUT2D eigenvalue weighted by Gasteiger charge is -2.22. The highest BCUT2D eigenvalue weighted by molar-refractivity contribution is 9.10. The molecule has 0 saturated carbocycles. The third-order valence-electron chi connectivity index (χ3n) is 5.41. The zero-order valence-corrected chi connectivity index (χ0v) is 18.0. The minimum atomic E-state index is -3.07. The number of benzene rings is 1. The molecule has 0 radical (unpaired) electrons. The van der Waals surface area contributed by atoms with Gasteiger partial charge >= 0.3 is 0 Å². The number of furan rings is 1. The van der Waals surface area contributed by atoms with Crippen LogP contribution in [0, 0.1) is 5.92 Å². The maximum Gasteiger partial charge on any atom is 0.225 e. The van der Waals surface area contributed by atoms with Crippen LogP contribution in [0.25, 0.3) is 11.3 Å². The second kappa shape index (κ2) is 7.95. The molecule has 4 rings (SSSR count). The molecule has 154 valence electrons. The highest BCUT2D eigenvalue weighted by Gasteiger charge is 2.41. The van der Waals surface area contributed by atoms with Crippen LogP contribution in [0.5, 0.6) is 0 Å². The van der Waals surface area contributed by atoms with Gasteiger partial charge < -0.3 is 14.6 Å². The van der Waals surface area contributed by atoms with Crippen LogP contribution in [0.15, 0.2) is 45.3 Å². The fraction of sp³-hybridized carbons (Fsp3) is 0.400. The van der Waals surface area contributed by atoms with E-state index in [2.05, 4.69) is 21.2 Å². The van der Waals surface area contributed by atoms with E-state index in [1.165, 1.54) is 0 Å². The van der Waals surface area contributed by atoms with Gasteiger partial charge in [-0.1, -0.05) is 28.1 Å². The van der Waals surface area contributed by atoms with E-state index in [0.717, 1.165) is 10.0 Å². The number of sulfone groups is 1. The van der Waals surface area contributed by atoms with Gasteiger partial charge in [-0.05, 0) is 30.7 Å². The van der Waals surface area contributed by atoms with Crippen LogP contribution < -0.4 is 5.32 Å². The van der Waals surface area contributed by atoms with E-state index in [0.29, 0.717) is 17.9 Å². The molecule has 3 heterocycles. The first-order chi connectivity index (χ1) is 13.8. The minimum Gasteiger partial charge on any atom is -0.459 e. The SMILES string of the molecule is O=C(NCc1ccc(-c2ccc(Br)cc2)o1)C1CC(=O)N(C2CCS(=O)(=O)C2)C1. The van der Waals surface area contributed by atoms with Gasteiger partial charge in [0.25, 0.3) is 0 Å². The number of halogens is 1. The number of carbonyl (C=O) groups is 2. The Morgan fingerprint density at radius 2 is 1.97 bits per heavy atom. The van der Waals surface area contributed by atoms with Crippen LogP contribution in [0.3, 0.4) is 0 Å². The molecule has 2 saturated heterocycles. The van der Waals surface area contributed by atoms with Crippen molar-refractivity contribution in [1.29, 1.82) is 0 Å². The first kappa shape index (κ1) is 20.2. The lowest BCUT2D eigenvalue weighted by Crippen LogP contribution is -2.38. The smallest absolute Gasteiger partial charge is 0.225 e. The van der Waals surface area contributed by atoms with E-state index in [1.54, 1.807) is 4.90 Å². The van der Waals surface area contributed by atoms with Crippen molar-refractivity contribution in [1.82, 2.24) is 10.2 Å². The predicted molar refractivity (Wildman–Crippen MR) is 111 cm³/mol. The number of amides is 2. The fourth-order valence-electron chi connectivity index (χ4n) is 3.84. The van der Waals surface area contributed by atoms with Gasteiger partial charge in [-0.25, -0.2) is 8.42 Å². The zero-order valence-electron chi connectivity index (χ0n) is 15.6. The summed E-state index contributed by atoms with van der Waals surface area (Å²) in [5, 5.41) is 2.83. The Morgan fingerprint density at radius 1 is 1.21 bits per heavy atom. The van der Waals surface area contributed by atoms with Crippen LogP contribution in [-0.4, -0.2) is 49.2 Å². The van der Waals surface area contributed by atoms with Gasteiger partial charge in [0.15, 0.2) is 9.84 Å². The van der Waals surface area contributed by atoms with Crippen molar-refractivity contribution in [2.24, 2.45) is 5.92 Å². The molecular weight excluding hydrogens is 460 g/mol. The number of rotatable bonds is 5. The second-order valence-corrected chi connectivity index (χ2v) is 10.6. The summed E-state index contributed by atoms with van der Waals surface area (Å²) >= 11 is 3.40. The summed E-state index contributed by atoms with van der Waals surface area (Å²) in [7, 11) is -3.07. The molecule has 2 aliphatic rings. The summed E-state index contributed by atoms with van der Waals surface area (Å²) in [5.41, 5.74) is 0.939. The van der Waals surface area contributed by atoms with E-state index in [1.807, 2.05) is 36.4 Å². The predicted octanol–water partition coefficient (Wildman–Crippen LogP) is 2.36. The molecule has 2 aliphatic heterocycles. The molecule has 9 heteroatoms. The number of hydrogen-bond donors (Lipinski definition) is 1. The molecule has 7 nitrogen and oxygen atoms in total. The molecule has 2 aromatic rings. The summed E-state index contributed by atoms with van der Waals surface area (Å²) in [6.45, 7) is 0.505. The average Bonchev–Trinajstić information content (AvgIpc) is 3.39. The topological polar surface area (TPSA) is 96.7 Å². The summed E-state index contributed by atoms with van der Waals surface area (Å²) in [6.07, 6.45) is 0.568. The van der Waals surface area contributed by atoms with Crippen LogP contribution in [0.4, 0.5) is 0 Å². The summed E-state index contributed by atoms with van der Waals surface area (Å²) in [4.78, 5) is 26.3. The summed E-state index contributed by atoms with van der Waals surface area (Å²) in [6, 6.07) is 11.1. The van der Waals surface area contributed by atoms with Gasteiger partial charge in [0.1, 0.15) is 11.5 Å². The van der Waals surface area contributed by atoms with Crippen LogP contribution in [0.2, 0.25) is 0 Å². The highest BCUT2D eigenvalue weighted by atomic mass is 79.9. The van der Waals surface area contributed by atoms with E-state index in [9.17, 15) is 18.0 Å². The van der Waals surface area contributed by atoms with E-state index in [4.69, 9.17) is 4.42 Å². The zero-order chi connectivity index (χ0) is 20.6. The molecule has 2 atom stereocenters. The Labute approximate surface area is 177 Å². The third-order valence-corrected chi connectivity index (χ3v) is 7.68. The van der Waals surface area contributed by atoms with Crippen molar-refractivity contribution >= 4 is 37.6 Å². The third kappa shape index (κ3) is 4.56. The largest absolute Gasteiger partial charge is 0.459 e. The van der Waals surface area contributed by atoms with Crippen molar-refractivity contribution in [2.45, 2.75) is 25.4 Å². The Balaban J connectivity index is 1.32. The summed E-state index contributed by atoms with van der Waals surface area (Å²) in [5.74, 6) is 0.610. The Hall–Kier alpha value is -2.13. The van der Waals surface area contributed by atoms with Gasteiger partial charge in [-0.2, -0.15) is 0 Å². The molecule has 2 fully saturated rings. The Bertz CT molecular complexity index is 1030. The minimum absolute atomic E-state index is 0.00168. The van der Waals surface area contributed by atoms with E-state index >= 15 is 0 Å². The van der Waals surface area contributed by atoms with Crippen molar-refractivity contribution < 1.29 is 22.4 Å². The van der Waals surface area contributed by atoms with E-state index in [-0.39, 0.29) is 48.9 Å². The van der Waals surface area contributed by atoms with Gasteiger partial charge in [-0.15, -0.1) is 0 Å². The lowest BCUT2D eigenvalue weighted by molar-refractivity contribution is -0.130. The molecule has 2 amide bonds. The maximum absolute atomic E-state index is 12.5. The van der Waals surface area contributed by atoms with Gasteiger partial charge in [-0.3, -0.25) is 9.59 Å². The van der Waals surface area contributed by atoms with Crippen molar-refractivity contribution in [3.05, 3.63) is 46.6 Å². The molecule has 1 aromatic heterocycles. The number of nitrogens with zero attached hydrogens (tertiary/aromatic N) is 1. The number of carbonyl (C=O) groups excluding carboxylic acids is 2. The van der Waals surface area contributed by atoms with Gasteiger partial charge in [0.05, 0.1) is 24.0 Å². The number of hydrogen-bond acceptors (Lipinski definition) is 5. The molecule has 1 aromatic carbocycles. The lowest BCUT2D eigenvalue weighted by atomic mass is 10.1. The number of likely N-dealkylation sites (tertiary alicyclic amines) is 1. The van der Waals surface area contributed by atoms with Crippen LogP contribution >= 0.6 is 15.9 Å². The standard InChI is InChI=1S/C20H21BrN2O5S/c21-15-3-1-13(2-4-15)18-6-5-17(28-18)10-22-20(25)14-9-19(24)23(11-14)16-7-8-29(26,27)12-16/h1-6,14,16H,7-12H2,(H,22,25). The number of nitrogens with one attached hydrogen (secondary N) is 1. The van der Waals surface area contributed by atoms with Gasteiger partial charge in [0, 0.05) is 29.0 Å². The maximum atomic E-state index is 12.5. The fourth-order valence-corrected chi connectivity index (χ4v) is 5.84. The Morgan fingerprint density at radius 3 is 2.66 bits per heavy atom. The molecule has 2 unspecified atom stereocenters. The first-order valence-corrected chi connectivity index (χ1v) is 12.0. The second-order valence-electron chi connectivity index (χ2n) is 7.49. The van der Waals surface area contributed by atoms with Crippen molar-refractivity contribution in [3.63, 3.8) is 0 Å². The normalized spacial score (nSPS) is 23.5. The molecule has 29 heavy (non-hydrogen) atoms. The molecule has 0 spiro atoms. The monoisotopic (exact) mass is 480 g/mol. The van der Waals surface area contributed by atoms with Gasteiger partial charge in [0.2, 0.25) is 11.8 Å². The molecule has 1 N–H and O–H groups in total. The molecule has 0 bridgehead atoms. The van der Waals surface area contributed by atoms with E-state index < -0.39 is 15.8 Å².